The SMILES string of the molecule is Cc1ccc(NC(=O)CC(=O)NCc2nnc3n2CCC3)c(C)c1. The van der Waals surface area contributed by atoms with Crippen molar-refractivity contribution in [3.05, 3.63) is 41.0 Å². The van der Waals surface area contributed by atoms with Crippen LogP contribution < -0.4 is 10.6 Å². The van der Waals surface area contributed by atoms with Gasteiger partial charge < -0.3 is 15.2 Å². The first-order valence-corrected chi connectivity index (χ1v) is 8.07. The molecule has 1 aliphatic rings. The molecule has 7 heteroatoms. The van der Waals surface area contributed by atoms with Crippen LogP contribution in [0.15, 0.2) is 18.2 Å². The molecule has 126 valence electrons. The van der Waals surface area contributed by atoms with Gasteiger partial charge in [0.15, 0.2) is 5.82 Å². The molecule has 0 atom stereocenters. The average molecular weight is 327 g/mol. The monoisotopic (exact) mass is 327 g/mol. The van der Waals surface area contributed by atoms with E-state index in [1.807, 2.05) is 36.6 Å². The lowest BCUT2D eigenvalue weighted by molar-refractivity contribution is -0.126. The van der Waals surface area contributed by atoms with Gasteiger partial charge in [-0.3, -0.25) is 9.59 Å². The molecule has 0 aliphatic carbocycles. The number of anilines is 1. The third-order valence-electron chi connectivity index (χ3n) is 4.11. The second kappa shape index (κ2) is 6.82. The molecule has 0 fully saturated rings. The summed E-state index contributed by atoms with van der Waals surface area (Å²) in [5.74, 6) is 1.05. The Morgan fingerprint density at radius 3 is 2.83 bits per heavy atom. The predicted octanol–water partition coefficient (Wildman–Crippen LogP) is 1.49. The maximum Gasteiger partial charge on any atom is 0.233 e. The molecular weight excluding hydrogens is 306 g/mol. The molecule has 0 radical (unpaired) electrons. The van der Waals surface area contributed by atoms with E-state index in [-0.39, 0.29) is 18.2 Å². The van der Waals surface area contributed by atoms with Gasteiger partial charge in [-0.25, -0.2) is 0 Å². The Morgan fingerprint density at radius 1 is 1.21 bits per heavy atom. The quantitative estimate of drug-likeness (QED) is 0.814. The highest BCUT2D eigenvalue weighted by atomic mass is 16.2. The molecule has 3 rings (SSSR count). The number of nitrogens with one attached hydrogen (secondary N) is 2. The Morgan fingerprint density at radius 2 is 2.04 bits per heavy atom. The minimum Gasteiger partial charge on any atom is -0.348 e. The van der Waals surface area contributed by atoms with Crippen molar-refractivity contribution in [3.63, 3.8) is 0 Å². The fraction of sp³-hybridized carbons (Fsp3) is 0.412. The van der Waals surface area contributed by atoms with E-state index >= 15 is 0 Å². The second-order valence-electron chi connectivity index (χ2n) is 6.11. The molecule has 7 nitrogen and oxygen atoms in total. The van der Waals surface area contributed by atoms with Crippen LogP contribution in [-0.4, -0.2) is 26.6 Å². The van der Waals surface area contributed by atoms with E-state index in [1.54, 1.807) is 0 Å². The van der Waals surface area contributed by atoms with Gasteiger partial charge in [0, 0.05) is 18.7 Å². The summed E-state index contributed by atoms with van der Waals surface area (Å²) in [6.45, 7) is 5.10. The lowest BCUT2D eigenvalue weighted by Crippen LogP contribution is -2.29. The number of rotatable bonds is 5. The molecule has 2 amide bonds. The van der Waals surface area contributed by atoms with E-state index in [4.69, 9.17) is 0 Å². The van der Waals surface area contributed by atoms with Gasteiger partial charge in [-0.15, -0.1) is 10.2 Å². The number of carbonyl (C=O) groups is 2. The molecule has 24 heavy (non-hydrogen) atoms. The fourth-order valence-corrected chi connectivity index (χ4v) is 2.88. The number of hydrogen-bond acceptors (Lipinski definition) is 4. The van der Waals surface area contributed by atoms with E-state index in [2.05, 4.69) is 20.8 Å². The smallest absolute Gasteiger partial charge is 0.233 e. The molecule has 1 aromatic carbocycles. The number of fused-ring (bicyclic) bond motifs is 1. The molecule has 2 aromatic rings. The van der Waals surface area contributed by atoms with Gasteiger partial charge in [0.1, 0.15) is 12.2 Å². The molecule has 0 saturated heterocycles. The van der Waals surface area contributed by atoms with Crippen molar-refractivity contribution < 1.29 is 9.59 Å². The van der Waals surface area contributed by atoms with E-state index in [0.29, 0.717) is 6.54 Å². The zero-order chi connectivity index (χ0) is 17.1. The van der Waals surface area contributed by atoms with Crippen LogP contribution >= 0.6 is 0 Å². The van der Waals surface area contributed by atoms with Gasteiger partial charge in [-0.1, -0.05) is 17.7 Å². The van der Waals surface area contributed by atoms with Gasteiger partial charge in [0.05, 0.1) is 6.54 Å². The van der Waals surface area contributed by atoms with Crippen LogP contribution in [0.1, 0.15) is 35.6 Å². The van der Waals surface area contributed by atoms with Crippen LogP contribution in [0.5, 0.6) is 0 Å². The second-order valence-corrected chi connectivity index (χ2v) is 6.11. The number of aryl methyl sites for hydroxylation is 3. The Balaban J connectivity index is 1.50. The zero-order valence-corrected chi connectivity index (χ0v) is 13.9. The van der Waals surface area contributed by atoms with Gasteiger partial charge in [-0.05, 0) is 31.9 Å². The third kappa shape index (κ3) is 3.61. The zero-order valence-electron chi connectivity index (χ0n) is 13.9. The Bertz CT molecular complexity index is 781. The molecule has 2 heterocycles. The predicted molar refractivity (Wildman–Crippen MR) is 89.4 cm³/mol. The summed E-state index contributed by atoms with van der Waals surface area (Å²) in [5, 5.41) is 13.7. The molecule has 0 bridgehead atoms. The highest BCUT2D eigenvalue weighted by Gasteiger charge is 2.18. The average Bonchev–Trinajstić information content (AvgIpc) is 3.11. The number of carbonyl (C=O) groups excluding carboxylic acids is 2. The maximum absolute atomic E-state index is 12.0. The minimum atomic E-state index is -0.328. The number of amides is 2. The number of nitrogens with zero attached hydrogens (tertiary/aromatic N) is 3. The summed E-state index contributed by atoms with van der Waals surface area (Å²) in [7, 11) is 0. The largest absolute Gasteiger partial charge is 0.348 e. The molecular formula is C17H21N5O2. The van der Waals surface area contributed by atoms with Crippen molar-refractivity contribution >= 4 is 17.5 Å². The maximum atomic E-state index is 12.0. The summed E-state index contributed by atoms with van der Waals surface area (Å²) in [4.78, 5) is 24.0. The van der Waals surface area contributed by atoms with Gasteiger partial charge in [0.2, 0.25) is 11.8 Å². The van der Waals surface area contributed by atoms with Crippen molar-refractivity contribution in [2.75, 3.05) is 5.32 Å². The Labute approximate surface area is 140 Å². The highest BCUT2D eigenvalue weighted by Crippen LogP contribution is 2.16. The molecule has 0 spiro atoms. The van der Waals surface area contributed by atoms with Crippen molar-refractivity contribution in [2.45, 2.75) is 46.2 Å². The highest BCUT2D eigenvalue weighted by molar-refractivity contribution is 6.03. The Hall–Kier alpha value is -2.70. The van der Waals surface area contributed by atoms with Gasteiger partial charge >= 0.3 is 0 Å². The first kappa shape index (κ1) is 16.2. The van der Waals surface area contributed by atoms with E-state index in [1.165, 1.54) is 0 Å². The summed E-state index contributed by atoms with van der Waals surface area (Å²) in [5.41, 5.74) is 2.83. The topological polar surface area (TPSA) is 88.9 Å². The molecule has 0 unspecified atom stereocenters. The Kier molecular flexibility index (Phi) is 4.59. The summed E-state index contributed by atoms with van der Waals surface area (Å²) in [6, 6.07) is 5.76. The normalized spacial score (nSPS) is 12.8. The fourth-order valence-electron chi connectivity index (χ4n) is 2.88. The molecule has 1 aromatic heterocycles. The standard InChI is InChI=1S/C17H21N5O2/c1-11-5-6-13(12(2)8-11)19-17(24)9-16(23)18-10-15-21-20-14-4-3-7-22(14)15/h5-6,8H,3-4,7,9-10H2,1-2H3,(H,18,23)(H,19,24). The summed E-state index contributed by atoms with van der Waals surface area (Å²) in [6.07, 6.45) is 1.78. The first-order chi connectivity index (χ1) is 11.5. The van der Waals surface area contributed by atoms with Crippen molar-refractivity contribution in [1.29, 1.82) is 0 Å². The van der Waals surface area contributed by atoms with Crippen LogP contribution in [0.4, 0.5) is 5.69 Å². The van der Waals surface area contributed by atoms with Crippen LogP contribution in [0.3, 0.4) is 0 Å². The number of benzene rings is 1. The van der Waals surface area contributed by atoms with Crippen LogP contribution in [-0.2, 0) is 29.1 Å². The minimum absolute atomic E-state index is 0.214. The summed E-state index contributed by atoms with van der Waals surface area (Å²) >= 11 is 0. The molecule has 2 N–H and O–H groups in total. The van der Waals surface area contributed by atoms with Crippen molar-refractivity contribution in [3.8, 4) is 0 Å². The van der Waals surface area contributed by atoms with Crippen molar-refractivity contribution in [1.82, 2.24) is 20.1 Å². The van der Waals surface area contributed by atoms with E-state index < -0.39 is 0 Å². The number of aromatic nitrogens is 3. The number of hydrogen-bond donors (Lipinski definition) is 2. The van der Waals surface area contributed by atoms with Crippen LogP contribution in [0.2, 0.25) is 0 Å². The first-order valence-electron chi connectivity index (χ1n) is 8.07. The van der Waals surface area contributed by atoms with Crippen LogP contribution in [0, 0.1) is 13.8 Å². The van der Waals surface area contributed by atoms with Crippen LogP contribution in [0.25, 0.3) is 0 Å². The van der Waals surface area contributed by atoms with Crippen molar-refractivity contribution in [2.24, 2.45) is 0 Å². The third-order valence-corrected chi connectivity index (χ3v) is 4.11. The van der Waals surface area contributed by atoms with Gasteiger partial charge in [0.25, 0.3) is 0 Å². The van der Waals surface area contributed by atoms with E-state index in [0.717, 1.165) is 47.8 Å². The summed E-state index contributed by atoms with van der Waals surface area (Å²) < 4.78 is 2.02. The lowest BCUT2D eigenvalue weighted by Gasteiger charge is -2.09. The lowest BCUT2D eigenvalue weighted by atomic mass is 10.1. The molecule has 0 saturated carbocycles. The van der Waals surface area contributed by atoms with E-state index in [9.17, 15) is 9.59 Å². The molecule has 1 aliphatic heterocycles. The van der Waals surface area contributed by atoms with Gasteiger partial charge in [-0.2, -0.15) is 0 Å².